The number of hydroxylamine groups is 2. The molecule has 0 spiro atoms. The Hall–Kier alpha value is -0.320. The number of hydrogen-bond acceptors (Lipinski definition) is 7. The molecule has 135 valence electrons. The van der Waals surface area contributed by atoms with Gasteiger partial charge in [0.25, 0.3) is 0 Å². The lowest BCUT2D eigenvalue weighted by Gasteiger charge is -2.51. The molecule has 5 atom stereocenters. The van der Waals surface area contributed by atoms with Gasteiger partial charge in [-0.1, -0.05) is 0 Å². The smallest absolute Gasteiger partial charge is 0.186 e. The van der Waals surface area contributed by atoms with E-state index in [1.165, 1.54) is 0 Å². The van der Waals surface area contributed by atoms with Crippen LogP contribution in [-0.2, 0) is 14.7 Å². The van der Waals surface area contributed by atoms with Crippen molar-refractivity contribution in [2.45, 2.75) is 88.4 Å². The van der Waals surface area contributed by atoms with Crippen LogP contribution in [0.2, 0.25) is 0 Å². The lowest BCUT2D eigenvalue weighted by molar-refractivity contribution is -0.340. The first kappa shape index (κ1) is 19.0. The molecular formula is C15H28NO7. The fraction of sp³-hybridized carbons (Fsp3) is 1.00. The molecule has 8 nitrogen and oxygen atoms in total. The summed E-state index contributed by atoms with van der Waals surface area (Å²) in [4.78, 5) is 0. The van der Waals surface area contributed by atoms with Gasteiger partial charge in [-0.25, -0.2) is 0 Å². The van der Waals surface area contributed by atoms with Crippen molar-refractivity contribution in [1.29, 1.82) is 0 Å². The molecule has 0 aromatic carbocycles. The predicted octanol–water partition coefficient (Wildman–Crippen LogP) is -0.830. The SMILES string of the molecule is CC1(C)CC(O[C@@H]2O[C@H](CO)[C@@H](O)[C@H](O)[C@H]2O)CC(C)(C)N1[O]. The number of aliphatic hydroxyl groups is 4. The standard InChI is InChI=1S/C15H28NO7/c1-14(2)5-8(6-15(3,4)16(14)21)22-13-12(20)11(19)10(18)9(7-17)23-13/h8-13,17-20H,5-7H2,1-4H3/t9-,10-,11+,12-,13-/m1/s1. The molecule has 0 aromatic rings. The Balaban J connectivity index is 2.09. The highest BCUT2D eigenvalue weighted by Gasteiger charge is 2.50. The number of hydrogen-bond donors (Lipinski definition) is 4. The molecule has 8 heteroatoms. The zero-order valence-corrected chi connectivity index (χ0v) is 14.0. The molecule has 0 bridgehead atoms. The molecule has 2 fully saturated rings. The van der Waals surface area contributed by atoms with E-state index in [2.05, 4.69) is 0 Å². The summed E-state index contributed by atoms with van der Waals surface area (Å²) in [6.45, 7) is 6.80. The van der Waals surface area contributed by atoms with Crippen LogP contribution in [-0.4, -0.2) is 80.0 Å². The van der Waals surface area contributed by atoms with Crippen LogP contribution < -0.4 is 0 Å². The van der Waals surface area contributed by atoms with Gasteiger partial charge in [-0.2, -0.15) is 0 Å². The molecule has 2 saturated heterocycles. The van der Waals surface area contributed by atoms with Gasteiger partial charge in [0.1, 0.15) is 24.4 Å². The van der Waals surface area contributed by atoms with Gasteiger partial charge in [-0.3, -0.25) is 0 Å². The predicted molar refractivity (Wildman–Crippen MR) is 78.6 cm³/mol. The second-order valence-electron chi connectivity index (χ2n) is 7.78. The van der Waals surface area contributed by atoms with Gasteiger partial charge in [0.2, 0.25) is 0 Å². The maximum atomic E-state index is 12.3. The summed E-state index contributed by atoms with van der Waals surface area (Å²) in [5, 5.41) is 52.3. The topological polar surface area (TPSA) is 123 Å². The summed E-state index contributed by atoms with van der Waals surface area (Å²) in [7, 11) is 0. The highest BCUT2D eigenvalue weighted by Crippen LogP contribution is 2.39. The van der Waals surface area contributed by atoms with Gasteiger partial charge in [-0.15, -0.1) is 10.3 Å². The minimum atomic E-state index is -1.47. The van der Waals surface area contributed by atoms with Crippen LogP contribution in [0.4, 0.5) is 0 Å². The van der Waals surface area contributed by atoms with Crippen molar-refractivity contribution in [2.75, 3.05) is 6.61 Å². The number of ether oxygens (including phenoxy) is 2. The Morgan fingerprint density at radius 3 is 2.04 bits per heavy atom. The molecule has 0 aromatic heterocycles. The van der Waals surface area contributed by atoms with Gasteiger partial charge >= 0.3 is 0 Å². The number of rotatable bonds is 3. The number of aliphatic hydroxyl groups excluding tert-OH is 4. The summed E-state index contributed by atoms with van der Waals surface area (Å²) < 4.78 is 11.2. The normalized spacial score (nSPS) is 41.9. The van der Waals surface area contributed by atoms with Crippen LogP contribution in [0.3, 0.4) is 0 Å². The molecule has 2 rings (SSSR count). The van der Waals surface area contributed by atoms with E-state index in [0.29, 0.717) is 12.8 Å². The molecule has 2 aliphatic rings. The van der Waals surface area contributed by atoms with Gasteiger partial charge in [0.15, 0.2) is 6.29 Å². The lowest BCUT2D eigenvalue weighted by atomic mass is 9.80. The summed E-state index contributed by atoms with van der Waals surface area (Å²) in [5.41, 5.74) is -1.28. The van der Waals surface area contributed by atoms with Gasteiger partial charge in [-0.05, 0) is 40.5 Å². The van der Waals surface area contributed by atoms with Gasteiger partial charge < -0.3 is 29.9 Å². The molecule has 0 unspecified atom stereocenters. The zero-order valence-electron chi connectivity index (χ0n) is 14.0. The van der Waals surface area contributed by atoms with E-state index in [-0.39, 0.29) is 6.10 Å². The molecular weight excluding hydrogens is 306 g/mol. The molecule has 23 heavy (non-hydrogen) atoms. The van der Waals surface area contributed by atoms with Crippen molar-refractivity contribution >= 4 is 0 Å². The quantitative estimate of drug-likeness (QED) is 0.531. The van der Waals surface area contributed by atoms with E-state index in [1.54, 1.807) is 0 Å². The van der Waals surface area contributed by atoms with Gasteiger partial charge in [0, 0.05) is 11.1 Å². The van der Waals surface area contributed by atoms with Crippen molar-refractivity contribution in [3.8, 4) is 0 Å². The molecule has 0 aliphatic carbocycles. The number of piperidine rings is 1. The highest BCUT2D eigenvalue weighted by molar-refractivity contribution is 4.97. The second kappa shape index (κ2) is 6.53. The largest absolute Gasteiger partial charge is 0.394 e. The Kier molecular flexibility index (Phi) is 5.40. The molecule has 1 radical (unpaired) electrons. The Morgan fingerprint density at radius 2 is 1.57 bits per heavy atom. The monoisotopic (exact) mass is 334 g/mol. The Labute approximate surface area is 136 Å². The minimum absolute atomic E-state index is 0.355. The summed E-state index contributed by atoms with van der Waals surface area (Å²) in [5.74, 6) is 0. The number of nitrogens with zero attached hydrogens (tertiary/aromatic N) is 1. The van der Waals surface area contributed by atoms with E-state index in [9.17, 15) is 25.6 Å². The summed E-state index contributed by atoms with van der Waals surface area (Å²) in [6.07, 6.45) is -5.95. The minimum Gasteiger partial charge on any atom is -0.394 e. The third-order valence-electron chi connectivity index (χ3n) is 4.73. The second-order valence-corrected chi connectivity index (χ2v) is 7.78. The highest BCUT2D eigenvalue weighted by atomic mass is 16.7. The van der Waals surface area contributed by atoms with Crippen molar-refractivity contribution in [3.63, 3.8) is 0 Å². The van der Waals surface area contributed by atoms with Crippen LogP contribution in [0.1, 0.15) is 40.5 Å². The van der Waals surface area contributed by atoms with Crippen LogP contribution in [0.5, 0.6) is 0 Å². The average Bonchev–Trinajstić information content (AvgIpc) is 2.44. The first-order chi connectivity index (χ1) is 10.5. The fourth-order valence-corrected chi connectivity index (χ4v) is 3.64. The molecule has 2 aliphatic heterocycles. The third kappa shape index (κ3) is 3.69. The van der Waals surface area contributed by atoms with Gasteiger partial charge in [0.05, 0.1) is 12.7 Å². The van der Waals surface area contributed by atoms with E-state index in [1.807, 2.05) is 27.7 Å². The van der Waals surface area contributed by atoms with E-state index < -0.39 is 48.4 Å². The molecule has 4 N–H and O–H groups in total. The Bertz CT molecular complexity index is 397. The summed E-state index contributed by atoms with van der Waals surface area (Å²) >= 11 is 0. The van der Waals surface area contributed by atoms with E-state index in [4.69, 9.17) is 9.47 Å². The summed E-state index contributed by atoms with van der Waals surface area (Å²) in [6, 6.07) is 0. The first-order valence-electron chi connectivity index (χ1n) is 7.93. The van der Waals surface area contributed by atoms with Crippen molar-refractivity contribution in [2.24, 2.45) is 0 Å². The maximum absolute atomic E-state index is 12.3. The van der Waals surface area contributed by atoms with Crippen molar-refractivity contribution in [1.82, 2.24) is 5.06 Å². The third-order valence-corrected chi connectivity index (χ3v) is 4.73. The molecule has 0 saturated carbocycles. The maximum Gasteiger partial charge on any atom is 0.186 e. The van der Waals surface area contributed by atoms with E-state index >= 15 is 0 Å². The fourth-order valence-electron chi connectivity index (χ4n) is 3.64. The van der Waals surface area contributed by atoms with Crippen molar-refractivity contribution in [3.05, 3.63) is 0 Å². The van der Waals surface area contributed by atoms with Crippen LogP contribution in [0, 0.1) is 0 Å². The first-order valence-corrected chi connectivity index (χ1v) is 7.93. The zero-order chi connectivity index (χ0) is 17.6. The average molecular weight is 334 g/mol. The van der Waals surface area contributed by atoms with Crippen LogP contribution >= 0.6 is 0 Å². The van der Waals surface area contributed by atoms with E-state index in [0.717, 1.165) is 5.06 Å². The lowest BCUT2D eigenvalue weighted by Crippen LogP contribution is -2.63. The van der Waals surface area contributed by atoms with Crippen LogP contribution in [0.15, 0.2) is 0 Å². The Morgan fingerprint density at radius 1 is 1.04 bits per heavy atom. The van der Waals surface area contributed by atoms with Crippen LogP contribution in [0.25, 0.3) is 0 Å². The molecule has 0 amide bonds. The van der Waals surface area contributed by atoms with Crippen molar-refractivity contribution < 1.29 is 35.1 Å². The molecule has 2 heterocycles.